The summed E-state index contributed by atoms with van der Waals surface area (Å²) in [6.45, 7) is 0.224. The first-order valence-electron chi connectivity index (χ1n) is 9.36. The maximum Gasteiger partial charge on any atom is 0.573 e. The molecular weight excluding hydrogens is 437 g/mol. The number of anilines is 1. The molecule has 1 aliphatic heterocycles. The number of carbonyl (C=O) groups is 3. The summed E-state index contributed by atoms with van der Waals surface area (Å²) in [4.78, 5) is 39.0. The summed E-state index contributed by atoms with van der Waals surface area (Å²) in [5, 5.41) is 4.22. The largest absolute Gasteiger partial charge is 0.573 e. The second kappa shape index (κ2) is 9.82. The molecule has 3 rings (SSSR count). The van der Waals surface area contributed by atoms with Gasteiger partial charge in [-0.15, -0.1) is 24.5 Å². The number of thiophene rings is 1. The summed E-state index contributed by atoms with van der Waals surface area (Å²) in [7, 11) is 0. The third kappa shape index (κ3) is 6.71. The van der Waals surface area contributed by atoms with Crippen molar-refractivity contribution in [1.29, 1.82) is 0 Å². The third-order valence-electron chi connectivity index (χ3n) is 4.49. The predicted molar refractivity (Wildman–Crippen MR) is 106 cm³/mol. The second-order valence-electron chi connectivity index (χ2n) is 6.80. The van der Waals surface area contributed by atoms with Crippen molar-refractivity contribution in [2.75, 3.05) is 25.0 Å². The van der Waals surface area contributed by atoms with Crippen molar-refractivity contribution in [2.24, 2.45) is 5.92 Å². The maximum absolute atomic E-state index is 12.4. The summed E-state index contributed by atoms with van der Waals surface area (Å²) >= 11 is 1.33. The van der Waals surface area contributed by atoms with Crippen molar-refractivity contribution in [3.63, 3.8) is 0 Å². The Balaban J connectivity index is 1.45. The van der Waals surface area contributed by atoms with Gasteiger partial charge < -0.3 is 19.7 Å². The lowest BCUT2D eigenvalue weighted by Gasteiger charge is -2.31. The molecule has 1 saturated heterocycles. The highest BCUT2D eigenvalue weighted by Gasteiger charge is 2.31. The number of benzene rings is 1. The molecule has 2 heterocycles. The van der Waals surface area contributed by atoms with E-state index in [-0.39, 0.29) is 18.1 Å². The number of hydrogen-bond donors (Lipinski definition) is 1. The monoisotopic (exact) mass is 456 g/mol. The van der Waals surface area contributed by atoms with E-state index in [2.05, 4.69) is 10.1 Å². The summed E-state index contributed by atoms with van der Waals surface area (Å²) in [6, 6.07) is 8.07. The lowest BCUT2D eigenvalue weighted by molar-refractivity contribution is -0.274. The van der Waals surface area contributed by atoms with Gasteiger partial charge in [-0.3, -0.25) is 14.4 Å². The van der Waals surface area contributed by atoms with Crippen LogP contribution in [0.1, 0.15) is 22.5 Å². The van der Waals surface area contributed by atoms with E-state index in [0.29, 0.717) is 24.3 Å². The van der Waals surface area contributed by atoms with Gasteiger partial charge in [0.25, 0.3) is 11.8 Å². The average molecular weight is 456 g/mol. The molecule has 166 valence electrons. The lowest BCUT2D eigenvalue weighted by Crippen LogP contribution is -2.43. The fraction of sp³-hybridized carbons (Fsp3) is 0.350. The van der Waals surface area contributed by atoms with E-state index in [9.17, 15) is 27.6 Å². The molecule has 1 aromatic heterocycles. The Kier molecular flexibility index (Phi) is 7.16. The Hall–Kier alpha value is -3.08. The molecule has 1 unspecified atom stereocenters. The Labute approximate surface area is 179 Å². The molecular formula is C20H19F3N2O5S. The van der Waals surface area contributed by atoms with Crippen LogP contribution < -0.4 is 10.1 Å². The number of piperidine rings is 1. The maximum atomic E-state index is 12.4. The van der Waals surface area contributed by atoms with Crippen LogP contribution in [0.2, 0.25) is 0 Å². The number of rotatable bonds is 6. The van der Waals surface area contributed by atoms with Gasteiger partial charge in [-0.05, 0) is 48.6 Å². The number of hydrogen-bond acceptors (Lipinski definition) is 6. The van der Waals surface area contributed by atoms with Crippen LogP contribution in [0.15, 0.2) is 41.8 Å². The minimum Gasteiger partial charge on any atom is -0.455 e. The van der Waals surface area contributed by atoms with Gasteiger partial charge in [-0.1, -0.05) is 6.07 Å². The Morgan fingerprint density at radius 3 is 2.55 bits per heavy atom. The summed E-state index contributed by atoms with van der Waals surface area (Å²) in [5.41, 5.74) is 0.223. The molecule has 0 radical (unpaired) electrons. The smallest absolute Gasteiger partial charge is 0.455 e. The standard InChI is InChI=1S/C20H19F3N2O5S/c21-20(22,23)30-15-7-5-14(6-8-15)24-17(26)12-29-19(28)13-3-1-9-25(11-13)18(27)16-4-2-10-31-16/h2,4-8,10,13H,1,3,9,11-12H2,(H,24,26). The lowest BCUT2D eigenvalue weighted by atomic mass is 9.98. The van der Waals surface area contributed by atoms with Crippen LogP contribution >= 0.6 is 11.3 Å². The van der Waals surface area contributed by atoms with Crippen LogP contribution in [-0.2, 0) is 14.3 Å². The van der Waals surface area contributed by atoms with Crippen molar-refractivity contribution in [2.45, 2.75) is 19.2 Å². The van der Waals surface area contributed by atoms with Gasteiger partial charge in [-0.2, -0.15) is 0 Å². The van der Waals surface area contributed by atoms with Crippen molar-refractivity contribution in [3.05, 3.63) is 46.7 Å². The van der Waals surface area contributed by atoms with E-state index < -0.39 is 36.5 Å². The second-order valence-corrected chi connectivity index (χ2v) is 7.74. The molecule has 0 saturated carbocycles. The first kappa shape index (κ1) is 22.6. The predicted octanol–water partition coefficient (Wildman–Crippen LogP) is 3.68. The quantitative estimate of drug-likeness (QED) is 0.671. The van der Waals surface area contributed by atoms with Gasteiger partial charge in [0.1, 0.15) is 5.75 Å². The van der Waals surface area contributed by atoms with E-state index in [1.807, 2.05) is 0 Å². The van der Waals surface area contributed by atoms with Crippen molar-refractivity contribution >= 4 is 34.8 Å². The number of nitrogens with zero attached hydrogens (tertiary/aromatic N) is 1. The SMILES string of the molecule is O=C(COC(=O)C1CCCN(C(=O)c2cccs2)C1)Nc1ccc(OC(F)(F)F)cc1. The van der Waals surface area contributed by atoms with Gasteiger partial charge in [0.05, 0.1) is 10.8 Å². The van der Waals surface area contributed by atoms with Crippen LogP contribution in [0.25, 0.3) is 0 Å². The van der Waals surface area contributed by atoms with Crippen LogP contribution in [0, 0.1) is 5.92 Å². The fourth-order valence-corrected chi connectivity index (χ4v) is 3.79. The number of carbonyl (C=O) groups excluding carboxylic acids is 3. The van der Waals surface area contributed by atoms with E-state index in [1.54, 1.807) is 22.4 Å². The minimum atomic E-state index is -4.80. The molecule has 11 heteroatoms. The van der Waals surface area contributed by atoms with E-state index in [1.165, 1.54) is 23.5 Å². The Morgan fingerprint density at radius 2 is 1.90 bits per heavy atom. The fourth-order valence-electron chi connectivity index (χ4n) is 3.10. The van der Waals surface area contributed by atoms with Crippen LogP contribution in [0.3, 0.4) is 0 Å². The summed E-state index contributed by atoms with van der Waals surface area (Å²) < 4.78 is 45.3. The van der Waals surface area contributed by atoms with Crippen molar-refractivity contribution in [1.82, 2.24) is 4.90 Å². The highest BCUT2D eigenvalue weighted by molar-refractivity contribution is 7.12. The molecule has 31 heavy (non-hydrogen) atoms. The van der Waals surface area contributed by atoms with Crippen molar-refractivity contribution in [3.8, 4) is 5.75 Å². The number of amides is 2. The Morgan fingerprint density at radius 1 is 1.16 bits per heavy atom. The van der Waals surface area contributed by atoms with Crippen LogP contribution in [0.4, 0.5) is 18.9 Å². The molecule has 2 aromatic rings. The average Bonchev–Trinajstić information content (AvgIpc) is 3.27. The van der Waals surface area contributed by atoms with E-state index in [4.69, 9.17) is 4.74 Å². The van der Waals surface area contributed by atoms with E-state index >= 15 is 0 Å². The van der Waals surface area contributed by atoms with Gasteiger partial charge in [-0.25, -0.2) is 0 Å². The van der Waals surface area contributed by atoms with Gasteiger partial charge in [0, 0.05) is 18.8 Å². The first-order valence-corrected chi connectivity index (χ1v) is 10.2. The first-order chi connectivity index (χ1) is 14.7. The molecule has 1 fully saturated rings. The van der Waals surface area contributed by atoms with Crippen molar-refractivity contribution < 1.29 is 37.0 Å². The highest BCUT2D eigenvalue weighted by atomic mass is 32.1. The zero-order valence-electron chi connectivity index (χ0n) is 16.2. The highest BCUT2D eigenvalue weighted by Crippen LogP contribution is 2.24. The molecule has 0 aliphatic carbocycles. The third-order valence-corrected chi connectivity index (χ3v) is 5.35. The Bertz CT molecular complexity index is 916. The zero-order chi connectivity index (χ0) is 22.4. The molecule has 0 bridgehead atoms. The molecule has 7 nitrogen and oxygen atoms in total. The van der Waals surface area contributed by atoms with Gasteiger partial charge in [0.15, 0.2) is 6.61 Å². The van der Waals surface area contributed by atoms with Crippen LogP contribution in [-0.4, -0.2) is 48.7 Å². The van der Waals surface area contributed by atoms with Gasteiger partial charge >= 0.3 is 12.3 Å². The number of alkyl halides is 3. The summed E-state index contributed by atoms with van der Waals surface area (Å²) in [5.74, 6) is -2.30. The number of ether oxygens (including phenoxy) is 2. The number of likely N-dealkylation sites (tertiary alicyclic amines) is 1. The number of halogens is 3. The molecule has 0 spiro atoms. The zero-order valence-corrected chi connectivity index (χ0v) is 17.0. The minimum absolute atomic E-state index is 0.136. The normalized spacial score (nSPS) is 16.5. The molecule has 1 aromatic carbocycles. The van der Waals surface area contributed by atoms with Gasteiger partial charge in [0.2, 0.25) is 0 Å². The molecule has 1 N–H and O–H groups in total. The molecule has 2 amide bonds. The van der Waals surface area contributed by atoms with Crippen LogP contribution in [0.5, 0.6) is 5.75 Å². The molecule has 1 aliphatic rings. The summed E-state index contributed by atoms with van der Waals surface area (Å²) in [6.07, 6.45) is -3.60. The number of esters is 1. The topological polar surface area (TPSA) is 84.9 Å². The van der Waals surface area contributed by atoms with E-state index in [0.717, 1.165) is 12.1 Å². The molecule has 1 atom stereocenters. The number of nitrogens with one attached hydrogen (secondary N) is 1.